The Hall–Kier alpha value is -3.71. The van der Waals surface area contributed by atoms with Gasteiger partial charge in [-0.15, -0.1) is 0 Å². The molecule has 1 atom stereocenters. The molecule has 0 saturated carbocycles. The molecule has 1 aliphatic heterocycles. The standard InChI is InChI=1S/C17H14N6O3/c18-21-19-11-17(24)22-16(13-6-8-14(9-7-13)23(25)26)10-15(20-22)12-4-2-1-3-5-12/h1-9,16H,10-11H2. The van der Waals surface area contributed by atoms with Crippen LogP contribution in [0.15, 0.2) is 64.8 Å². The van der Waals surface area contributed by atoms with Gasteiger partial charge in [0.2, 0.25) is 5.91 Å². The van der Waals surface area contributed by atoms with Crippen LogP contribution >= 0.6 is 0 Å². The van der Waals surface area contributed by atoms with Crippen molar-refractivity contribution in [1.29, 1.82) is 0 Å². The summed E-state index contributed by atoms with van der Waals surface area (Å²) in [7, 11) is 0. The van der Waals surface area contributed by atoms with Crippen molar-refractivity contribution in [2.75, 3.05) is 6.54 Å². The lowest BCUT2D eigenvalue weighted by Gasteiger charge is -2.21. The van der Waals surface area contributed by atoms with Crippen LogP contribution in [0.1, 0.15) is 23.6 Å². The van der Waals surface area contributed by atoms with E-state index in [0.29, 0.717) is 6.42 Å². The van der Waals surface area contributed by atoms with E-state index in [-0.39, 0.29) is 12.2 Å². The van der Waals surface area contributed by atoms with Crippen LogP contribution in [-0.2, 0) is 4.79 Å². The lowest BCUT2D eigenvalue weighted by atomic mass is 9.98. The molecule has 0 N–H and O–H groups in total. The molecule has 2 aromatic rings. The minimum absolute atomic E-state index is 0.0251. The number of amides is 1. The van der Waals surface area contributed by atoms with Crippen molar-refractivity contribution in [3.8, 4) is 0 Å². The molecule has 0 saturated heterocycles. The summed E-state index contributed by atoms with van der Waals surface area (Å²) in [5, 5.41) is 19.8. The van der Waals surface area contributed by atoms with E-state index >= 15 is 0 Å². The zero-order valence-corrected chi connectivity index (χ0v) is 13.6. The molecule has 2 aromatic carbocycles. The molecule has 0 radical (unpaired) electrons. The van der Waals surface area contributed by atoms with Gasteiger partial charge in [-0.3, -0.25) is 14.9 Å². The molecule has 9 nitrogen and oxygen atoms in total. The molecule has 0 fully saturated rings. The van der Waals surface area contributed by atoms with Crippen molar-refractivity contribution in [2.24, 2.45) is 10.2 Å². The van der Waals surface area contributed by atoms with Crippen LogP contribution in [0.25, 0.3) is 10.4 Å². The van der Waals surface area contributed by atoms with Crippen LogP contribution in [-0.4, -0.2) is 28.1 Å². The number of nitro benzene ring substituents is 1. The highest BCUT2D eigenvalue weighted by Crippen LogP contribution is 2.33. The molecular weight excluding hydrogens is 336 g/mol. The van der Waals surface area contributed by atoms with E-state index < -0.39 is 16.9 Å². The molecule has 1 unspecified atom stereocenters. The molecule has 1 heterocycles. The van der Waals surface area contributed by atoms with Gasteiger partial charge in [0.05, 0.1) is 16.7 Å². The highest BCUT2D eigenvalue weighted by Gasteiger charge is 2.32. The Kier molecular flexibility index (Phi) is 4.91. The molecule has 1 amide bonds. The van der Waals surface area contributed by atoms with Gasteiger partial charge >= 0.3 is 0 Å². The summed E-state index contributed by atoms with van der Waals surface area (Å²) in [6, 6.07) is 15.0. The van der Waals surface area contributed by atoms with Gasteiger partial charge in [0.1, 0.15) is 6.54 Å². The Bertz CT molecular complexity index is 904. The lowest BCUT2D eigenvalue weighted by Crippen LogP contribution is -2.28. The Labute approximate surface area is 148 Å². The summed E-state index contributed by atoms with van der Waals surface area (Å²) in [6.45, 7) is -0.342. The van der Waals surface area contributed by atoms with Crippen LogP contribution in [0.3, 0.4) is 0 Å². The maximum absolute atomic E-state index is 12.4. The van der Waals surface area contributed by atoms with Gasteiger partial charge in [-0.1, -0.05) is 47.6 Å². The summed E-state index contributed by atoms with van der Waals surface area (Å²) >= 11 is 0. The van der Waals surface area contributed by atoms with Crippen molar-refractivity contribution in [3.05, 3.63) is 86.3 Å². The maximum atomic E-state index is 12.4. The van der Waals surface area contributed by atoms with Gasteiger partial charge in [-0.25, -0.2) is 5.01 Å². The number of hydrogen-bond donors (Lipinski definition) is 0. The third-order valence-electron chi connectivity index (χ3n) is 4.03. The first-order chi connectivity index (χ1) is 12.6. The number of benzene rings is 2. The molecular formula is C17H14N6O3. The number of carbonyl (C=O) groups excluding carboxylic acids is 1. The van der Waals surface area contributed by atoms with Crippen molar-refractivity contribution >= 4 is 17.3 Å². The van der Waals surface area contributed by atoms with Gasteiger partial charge in [-0.05, 0) is 16.7 Å². The Morgan fingerprint density at radius 3 is 2.58 bits per heavy atom. The van der Waals surface area contributed by atoms with Gasteiger partial charge in [-0.2, -0.15) is 5.10 Å². The van der Waals surface area contributed by atoms with Crippen LogP contribution in [0.4, 0.5) is 5.69 Å². The Balaban J connectivity index is 1.93. The first kappa shape index (κ1) is 17.1. The first-order valence-electron chi connectivity index (χ1n) is 7.80. The predicted molar refractivity (Wildman–Crippen MR) is 94.3 cm³/mol. The second-order valence-electron chi connectivity index (χ2n) is 5.61. The SMILES string of the molecule is [N-]=[N+]=NCC(=O)N1N=C(c2ccccc2)CC1c1ccc([N+](=O)[O-])cc1. The zero-order valence-electron chi connectivity index (χ0n) is 13.6. The van der Waals surface area contributed by atoms with Crippen molar-refractivity contribution in [2.45, 2.75) is 12.5 Å². The fraction of sp³-hybridized carbons (Fsp3) is 0.176. The maximum Gasteiger partial charge on any atom is 0.269 e. The Morgan fingerprint density at radius 1 is 1.27 bits per heavy atom. The molecule has 130 valence electrons. The molecule has 3 rings (SSSR count). The molecule has 0 aliphatic carbocycles. The van der Waals surface area contributed by atoms with Crippen molar-refractivity contribution in [3.63, 3.8) is 0 Å². The number of nitrogens with zero attached hydrogens (tertiary/aromatic N) is 6. The molecule has 0 bridgehead atoms. The molecule has 0 aromatic heterocycles. The lowest BCUT2D eigenvalue weighted by molar-refractivity contribution is -0.384. The predicted octanol–water partition coefficient (Wildman–Crippen LogP) is 3.58. The van der Waals surface area contributed by atoms with E-state index in [1.54, 1.807) is 12.1 Å². The average molecular weight is 350 g/mol. The minimum atomic E-state index is -0.477. The summed E-state index contributed by atoms with van der Waals surface area (Å²) in [5.74, 6) is -0.433. The van der Waals surface area contributed by atoms with Crippen LogP contribution in [0.2, 0.25) is 0 Å². The number of carbonyl (C=O) groups is 1. The summed E-state index contributed by atoms with van der Waals surface area (Å²) in [6.07, 6.45) is 0.462. The van der Waals surface area contributed by atoms with Crippen molar-refractivity contribution < 1.29 is 9.72 Å². The van der Waals surface area contributed by atoms with Crippen LogP contribution in [0, 0.1) is 10.1 Å². The molecule has 0 spiro atoms. The highest BCUT2D eigenvalue weighted by atomic mass is 16.6. The smallest absolute Gasteiger partial charge is 0.269 e. The van der Waals surface area contributed by atoms with E-state index in [4.69, 9.17) is 5.53 Å². The monoisotopic (exact) mass is 350 g/mol. The fourth-order valence-corrected chi connectivity index (χ4v) is 2.79. The van der Waals surface area contributed by atoms with E-state index in [2.05, 4.69) is 15.1 Å². The summed E-state index contributed by atoms with van der Waals surface area (Å²) in [5.41, 5.74) is 10.8. The summed E-state index contributed by atoms with van der Waals surface area (Å²) < 4.78 is 0. The number of nitro groups is 1. The van der Waals surface area contributed by atoms with E-state index in [9.17, 15) is 14.9 Å². The van der Waals surface area contributed by atoms with E-state index in [0.717, 1.165) is 16.8 Å². The van der Waals surface area contributed by atoms with Gasteiger partial charge in [0.25, 0.3) is 5.69 Å². The quantitative estimate of drug-likeness (QED) is 0.269. The van der Waals surface area contributed by atoms with Gasteiger partial charge < -0.3 is 0 Å². The number of azide groups is 1. The van der Waals surface area contributed by atoms with Crippen molar-refractivity contribution in [1.82, 2.24) is 5.01 Å². The third-order valence-corrected chi connectivity index (χ3v) is 4.03. The summed E-state index contributed by atoms with van der Waals surface area (Å²) in [4.78, 5) is 25.3. The molecule has 1 aliphatic rings. The Morgan fingerprint density at radius 2 is 1.96 bits per heavy atom. The highest BCUT2D eigenvalue weighted by molar-refractivity contribution is 6.03. The average Bonchev–Trinajstić information content (AvgIpc) is 3.12. The normalized spacial score (nSPS) is 15.9. The van der Waals surface area contributed by atoms with Gasteiger partial charge in [0.15, 0.2) is 0 Å². The second kappa shape index (κ2) is 7.45. The van der Waals surface area contributed by atoms with E-state index in [1.165, 1.54) is 17.1 Å². The number of hydrogen-bond acceptors (Lipinski definition) is 5. The van der Waals surface area contributed by atoms with Crippen LogP contribution in [0.5, 0.6) is 0 Å². The fourth-order valence-electron chi connectivity index (χ4n) is 2.79. The largest absolute Gasteiger partial charge is 0.273 e. The second-order valence-corrected chi connectivity index (χ2v) is 5.61. The number of non-ortho nitro benzene ring substituents is 1. The van der Waals surface area contributed by atoms with Crippen LogP contribution < -0.4 is 0 Å². The molecule has 26 heavy (non-hydrogen) atoms. The molecule has 9 heteroatoms. The topological polar surface area (TPSA) is 125 Å². The zero-order chi connectivity index (χ0) is 18.5. The first-order valence-corrected chi connectivity index (χ1v) is 7.80. The number of rotatable bonds is 5. The minimum Gasteiger partial charge on any atom is -0.273 e. The number of hydrazone groups is 1. The van der Waals surface area contributed by atoms with Gasteiger partial charge in [0, 0.05) is 23.5 Å². The third kappa shape index (κ3) is 3.52. The van der Waals surface area contributed by atoms with E-state index in [1.807, 2.05) is 30.3 Å².